The van der Waals surface area contributed by atoms with Crippen molar-refractivity contribution < 1.29 is 4.39 Å². The molecule has 130 valence electrons. The Bertz CT molecular complexity index is 949. The van der Waals surface area contributed by atoms with Crippen molar-refractivity contribution in [1.82, 2.24) is 5.32 Å². The summed E-state index contributed by atoms with van der Waals surface area (Å²) in [6.07, 6.45) is 2.18. The number of allylic oxidation sites excluding steroid dienone is 1. The Morgan fingerprint density at radius 3 is 2.23 bits per heavy atom. The third-order valence-electron chi connectivity index (χ3n) is 4.92. The molecule has 0 aliphatic carbocycles. The van der Waals surface area contributed by atoms with E-state index >= 15 is 0 Å². The molecule has 0 radical (unpaired) electrons. The Labute approximate surface area is 154 Å². The summed E-state index contributed by atoms with van der Waals surface area (Å²) < 4.78 is 14.2. The van der Waals surface area contributed by atoms with Gasteiger partial charge in [-0.05, 0) is 47.7 Å². The van der Waals surface area contributed by atoms with Crippen LogP contribution in [0.1, 0.15) is 35.2 Å². The second-order valence-corrected chi connectivity index (χ2v) is 7.01. The van der Waals surface area contributed by atoms with Gasteiger partial charge in [0.2, 0.25) is 0 Å². The van der Waals surface area contributed by atoms with E-state index in [2.05, 4.69) is 73.8 Å². The van der Waals surface area contributed by atoms with Crippen molar-refractivity contribution in [1.29, 1.82) is 0 Å². The van der Waals surface area contributed by atoms with Crippen LogP contribution in [0.15, 0.2) is 66.7 Å². The van der Waals surface area contributed by atoms with Crippen molar-refractivity contribution >= 4 is 11.6 Å². The normalized spacial score (nSPS) is 16.6. The molecular weight excluding hydrogens is 321 g/mol. The third-order valence-corrected chi connectivity index (χ3v) is 4.92. The lowest BCUT2D eigenvalue weighted by atomic mass is 9.99. The van der Waals surface area contributed by atoms with Gasteiger partial charge < -0.3 is 5.32 Å². The van der Waals surface area contributed by atoms with Gasteiger partial charge in [0.1, 0.15) is 5.82 Å². The van der Waals surface area contributed by atoms with Crippen LogP contribution in [0.25, 0.3) is 22.8 Å². The standard InChI is InChI=1S/C24H22FN/c1-16-3-7-19(8-4-16)17(2)13-18-5-9-20(10-6-18)21-11-12-22(23(25)14-21)24-15-26-24/h3-14,24,26H,15H2,1-2H3. The fraction of sp³-hybridized carbons (Fsp3) is 0.167. The second kappa shape index (κ2) is 6.89. The molecule has 0 bridgehead atoms. The van der Waals surface area contributed by atoms with Crippen LogP contribution in [0.3, 0.4) is 0 Å². The second-order valence-electron chi connectivity index (χ2n) is 7.01. The summed E-state index contributed by atoms with van der Waals surface area (Å²) in [5.41, 5.74) is 7.58. The molecule has 1 N–H and O–H groups in total. The van der Waals surface area contributed by atoms with E-state index in [9.17, 15) is 4.39 Å². The van der Waals surface area contributed by atoms with Gasteiger partial charge >= 0.3 is 0 Å². The lowest BCUT2D eigenvalue weighted by Crippen LogP contribution is -1.91. The molecule has 3 aromatic rings. The van der Waals surface area contributed by atoms with E-state index in [-0.39, 0.29) is 11.9 Å². The minimum Gasteiger partial charge on any atom is -0.307 e. The van der Waals surface area contributed by atoms with Crippen molar-refractivity contribution in [2.45, 2.75) is 19.9 Å². The number of rotatable bonds is 4. The quantitative estimate of drug-likeness (QED) is 0.455. The van der Waals surface area contributed by atoms with Crippen LogP contribution < -0.4 is 5.32 Å². The van der Waals surface area contributed by atoms with Gasteiger partial charge in [0, 0.05) is 18.2 Å². The Hall–Kier alpha value is -2.71. The first-order chi connectivity index (χ1) is 12.6. The number of hydrogen-bond acceptors (Lipinski definition) is 1. The zero-order chi connectivity index (χ0) is 18.1. The molecule has 3 aromatic carbocycles. The molecule has 4 rings (SSSR count). The molecule has 0 aromatic heterocycles. The zero-order valence-corrected chi connectivity index (χ0v) is 15.1. The minimum absolute atomic E-state index is 0.128. The topological polar surface area (TPSA) is 21.9 Å². The van der Waals surface area contributed by atoms with Crippen LogP contribution in [0.2, 0.25) is 0 Å². The molecule has 1 fully saturated rings. The van der Waals surface area contributed by atoms with E-state index in [0.29, 0.717) is 0 Å². The summed E-state index contributed by atoms with van der Waals surface area (Å²) in [7, 11) is 0. The Kier molecular flexibility index (Phi) is 4.44. The molecule has 0 saturated carbocycles. The summed E-state index contributed by atoms with van der Waals surface area (Å²) in [5, 5.41) is 3.15. The highest BCUT2D eigenvalue weighted by Crippen LogP contribution is 2.29. The van der Waals surface area contributed by atoms with E-state index in [1.54, 1.807) is 6.07 Å². The van der Waals surface area contributed by atoms with Crippen molar-refractivity contribution in [3.05, 3.63) is 94.8 Å². The lowest BCUT2D eigenvalue weighted by Gasteiger charge is -2.07. The number of hydrogen-bond donors (Lipinski definition) is 1. The fourth-order valence-electron chi connectivity index (χ4n) is 3.19. The van der Waals surface area contributed by atoms with Crippen LogP contribution in [0.5, 0.6) is 0 Å². The molecule has 26 heavy (non-hydrogen) atoms. The van der Waals surface area contributed by atoms with E-state index in [1.165, 1.54) is 16.7 Å². The average molecular weight is 343 g/mol. The highest BCUT2D eigenvalue weighted by Gasteiger charge is 2.25. The first kappa shape index (κ1) is 16.7. The third kappa shape index (κ3) is 3.61. The fourth-order valence-corrected chi connectivity index (χ4v) is 3.19. The van der Waals surface area contributed by atoms with Crippen LogP contribution in [-0.4, -0.2) is 6.54 Å². The molecule has 1 aliphatic heterocycles. The molecule has 0 amide bonds. The highest BCUT2D eigenvalue weighted by atomic mass is 19.1. The average Bonchev–Trinajstić information content (AvgIpc) is 3.48. The van der Waals surface area contributed by atoms with Gasteiger partial charge in [-0.25, -0.2) is 4.39 Å². The van der Waals surface area contributed by atoms with E-state index in [1.807, 2.05) is 12.1 Å². The van der Waals surface area contributed by atoms with E-state index in [4.69, 9.17) is 0 Å². The monoisotopic (exact) mass is 343 g/mol. The Balaban J connectivity index is 1.55. The summed E-state index contributed by atoms with van der Waals surface area (Å²) in [4.78, 5) is 0. The smallest absolute Gasteiger partial charge is 0.128 e. The van der Waals surface area contributed by atoms with E-state index < -0.39 is 0 Å². The minimum atomic E-state index is -0.128. The number of halogens is 1. The predicted molar refractivity (Wildman–Crippen MR) is 107 cm³/mol. The summed E-state index contributed by atoms with van der Waals surface area (Å²) in [6, 6.07) is 22.6. The molecule has 1 unspecified atom stereocenters. The first-order valence-electron chi connectivity index (χ1n) is 8.99. The number of nitrogens with one attached hydrogen (secondary N) is 1. The molecule has 0 spiro atoms. The van der Waals surface area contributed by atoms with Gasteiger partial charge in [0.05, 0.1) is 0 Å². The largest absolute Gasteiger partial charge is 0.307 e. The van der Waals surface area contributed by atoms with Crippen molar-refractivity contribution in [3.8, 4) is 11.1 Å². The maximum Gasteiger partial charge on any atom is 0.128 e. The van der Waals surface area contributed by atoms with Gasteiger partial charge in [-0.1, -0.05) is 72.3 Å². The number of aryl methyl sites for hydroxylation is 1. The highest BCUT2D eigenvalue weighted by molar-refractivity contribution is 5.81. The van der Waals surface area contributed by atoms with Crippen molar-refractivity contribution in [2.24, 2.45) is 0 Å². The van der Waals surface area contributed by atoms with Crippen LogP contribution in [0, 0.1) is 12.7 Å². The van der Waals surface area contributed by atoms with Crippen molar-refractivity contribution in [3.63, 3.8) is 0 Å². The van der Waals surface area contributed by atoms with Gasteiger partial charge in [-0.3, -0.25) is 0 Å². The molecular formula is C24H22FN. The summed E-state index contributed by atoms with van der Waals surface area (Å²) >= 11 is 0. The van der Waals surface area contributed by atoms with Gasteiger partial charge in [0.15, 0.2) is 0 Å². The zero-order valence-electron chi connectivity index (χ0n) is 15.1. The van der Waals surface area contributed by atoms with Crippen molar-refractivity contribution in [2.75, 3.05) is 6.54 Å². The SMILES string of the molecule is CC(=Cc1ccc(-c2ccc(C3CN3)c(F)c2)cc1)c1ccc(C)cc1. The maximum atomic E-state index is 14.2. The summed E-state index contributed by atoms with van der Waals surface area (Å²) in [5.74, 6) is -0.128. The van der Waals surface area contributed by atoms with Crippen LogP contribution >= 0.6 is 0 Å². The van der Waals surface area contributed by atoms with Gasteiger partial charge in [-0.2, -0.15) is 0 Å². The molecule has 1 atom stereocenters. The molecule has 1 aliphatic rings. The van der Waals surface area contributed by atoms with Gasteiger partial charge in [-0.15, -0.1) is 0 Å². The van der Waals surface area contributed by atoms with Gasteiger partial charge in [0.25, 0.3) is 0 Å². The molecule has 1 heterocycles. The summed E-state index contributed by atoms with van der Waals surface area (Å²) in [6.45, 7) is 5.09. The maximum absolute atomic E-state index is 14.2. The predicted octanol–water partition coefficient (Wildman–Crippen LogP) is 6.01. The molecule has 1 saturated heterocycles. The van der Waals surface area contributed by atoms with E-state index in [0.717, 1.165) is 28.8 Å². The lowest BCUT2D eigenvalue weighted by molar-refractivity contribution is 0.610. The Morgan fingerprint density at radius 1 is 0.962 bits per heavy atom. The molecule has 2 heteroatoms. The first-order valence-corrected chi connectivity index (χ1v) is 8.99. The Morgan fingerprint density at radius 2 is 1.62 bits per heavy atom. The number of benzene rings is 3. The van der Waals surface area contributed by atoms with Crippen LogP contribution in [-0.2, 0) is 0 Å². The van der Waals surface area contributed by atoms with Crippen LogP contribution in [0.4, 0.5) is 4.39 Å². The molecule has 1 nitrogen and oxygen atoms in total.